The predicted octanol–water partition coefficient (Wildman–Crippen LogP) is 20.8. The van der Waals surface area contributed by atoms with Crippen molar-refractivity contribution in [3.05, 3.63) is 143 Å². The molecular weight excluding hydrogens is 1350 g/mol. The molecule has 6 atom stereocenters. The summed E-state index contributed by atoms with van der Waals surface area (Å²) in [4.78, 5) is 59.2. The molecule has 20 heteroatoms. The molecule has 0 aromatic heterocycles. The first-order valence-electron chi connectivity index (χ1n) is 34.6. The van der Waals surface area contributed by atoms with Crippen LogP contribution in [0.25, 0.3) is 0 Å². The number of carbonyl (C=O) groups is 2. The number of methoxy groups -OCH3 is 2. The summed E-state index contributed by atoms with van der Waals surface area (Å²) in [5, 5.41) is 4.11. The van der Waals surface area contributed by atoms with Gasteiger partial charge in [-0.25, -0.2) is 9.59 Å². The number of carbonyl (C=O) groups excluding carboxylic acids is 2. The summed E-state index contributed by atoms with van der Waals surface area (Å²) in [6.45, 7) is 46.2. The van der Waals surface area contributed by atoms with Gasteiger partial charge < -0.3 is 28.3 Å². The number of rotatable bonds is 30. The van der Waals surface area contributed by atoms with E-state index in [1.165, 1.54) is 25.3 Å². The lowest BCUT2D eigenvalue weighted by Crippen LogP contribution is -2.62. The number of halogens is 1. The Morgan fingerprint density at radius 2 is 0.811 bits per heavy atom. The highest BCUT2D eigenvalue weighted by molar-refractivity contribution is 9.26. The summed E-state index contributed by atoms with van der Waals surface area (Å²) in [5.74, 6) is -0.418. The Morgan fingerprint density at radius 3 is 1.08 bits per heavy atom. The van der Waals surface area contributed by atoms with Crippen LogP contribution >= 0.6 is 30.5 Å². The highest BCUT2D eigenvalue weighted by Gasteiger charge is 2.51. The van der Waals surface area contributed by atoms with Crippen molar-refractivity contribution in [3.63, 3.8) is 0 Å². The van der Waals surface area contributed by atoms with Crippen molar-refractivity contribution >= 4 is 65.3 Å². The molecule has 4 aromatic carbocycles. The fourth-order valence-electron chi connectivity index (χ4n) is 13.3. The summed E-state index contributed by atoms with van der Waals surface area (Å²) in [5.41, 5.74) is 2.81. The number of ether oxygens (including phenoxy) is 2. The number of nitrogens with zero attached hydrogens (tertiary/aromatic N) is 2. The Bertz CT molecular complexity index is 3030. The van der Waals surface area contributed by atoms with Gasteiger partial charge in [-0.2, -0.15) is 10.1 Å². The zero-order valence-corrected chi connectivity index (χ0v) is 69.0. The van der Waals surface area contributed by atoms with Gasteiger partial charge >= 0.3 is 27.1 Å². The minimum absolute atomic E-state index is 0.00362. The maximum absolute atomic E-state index is 14.0. The largest absolute Gasteiger partial charge is 0.467 e. The van der Waals surface area contributed by atoms with Crippen LogP contribution in [0, 0.1) is 0 Å². The molecule has 6 unspecified atom stereocenters. The van der Waals surface area contributed by atoms with Gasteiger partial charge in [0.2, 0.25) is 0 Å². The number of hydrogen-bond acceptors (Lipinski definition) is 12. The van der Waals surface area contributed by atoms with E-state index in [0.717, 1.165) is 80.1 Å². The van der Waals surface area contributed by atoms with E-state index < -0.39 is 55.2 Å². The van der Waals surface area contributed by atoms with Crippen molar-refractivity contribution in [1.82, 2.24) is 10.1 Å². The van der Waals surface area contributed by atoms with Gasteiger partial charge in [0, 0.05) is 38.3 Å². The molecule has 6 rings (SSSR count). The molecule has 0 amide bonds. The third kappa shape index (κ3) is 28.6. The molecule has 536 valence electrons. The minimum Gasteiger partial charge on any atom is -0.467 e. The molecule has 0 saturated carbocycles. The van der Waals surface area contributed by atoms with Crippen LogP contribution in [-0.4, -0.2) is 115 Å². The van der Waals surface area contributed by atoms with Gasteiger partial charge in [-0.1, -0.05) is 182 Å². The second kappa shape index (κ2) is 35.1. The Kier molecular flexibility index (Phi) is 31.2. The number of piperidine rings is 2. The summed E-state index contributed by atoms with van der Waals surface area (Å²) in [6.07, 6.45) is 8.63. The van der Waals surface area contributed by atoms with Crippen LogP contribution in [-0.2, 0) is 59.2 Å². The van der Waals surface area contributed by atoms with E-state index in [2.05, 4.69) is 209 Å². The fourth-order valence-corrected chi connectivity index (χ4v) is 17.4. The normalized spacial score (nSPS) is 19.4. The second-order valence-electron chi connectivity index (χ2n) is 33.5. The van der Waals surface area contributed by atoms with Gasteiger partial charge in [-0.3, -0.25) is 18.8 Å². The van der Waals surface area contributed by atoms with Crippen molar-refractivity contribution in [2.24, 2.45) is 0 Å². The highest BCUT2D eigenvalue weighted by Crippen LogP contribution is 2.53. The topological polar surface area (TPSA) is 171 Å². The minimum atomic E-state index is -4.12. The summed E-state index contributed by atoms with van der Waals surface area (Å²) in [7, 11) is -7.26. The molecule has 4 aromatic rings. The monoisotopic (exact) mass is 1470 g/mol. The van der Waals surface area contributed by atoms with Crippen LogP contribution in [0.5, 0.6) is 0 Å². The molecule has 0 radical (unpaired) electrons. The van der Waals surface area contributed by atoms with Gasteiger partial charge in [0.05, 0.1) is 39.8 Å². The predicted molar refractivity (Wildman–Crippen MR) is 405 cm³/mol. The lowest BCUT2D eigenvalue weighted by Gasteiger charge is -2.53. The Labute approximate surface area is 586 Å². The van der Waals surface area contributed by atoms with E-state index in [9.17, 15) is 28.5 Å². The highest BCUT2D eigenvalue weighted by atomic mass is 79.9. The quantitative estimate of drug-likeness (QED) is 0.0219. The molecule has 2 heterocycles. The number of esters is 2. The first kappa shape index (κ1) is 84.5. The first-order valence-corrected chi connectivity index (χ1v) is 51.3. The van der Waals surface area contributed by atoms with E-state index in [1.807, 2.05) is 55.3 Å². The smallest absolute Gasteiger partial charge is 0.340 e. The third-order valence-corrected chi connectivity index (χ3v) is 24.5. The molecular formula is C75H125BrN2O12P2Si3. The SMILES string of the molecule is COC(=O)C(C)(CC(CC(C)c1ccc(CP(=O)(O)O)cc1)c1ccccc1)ON1C(C)(C)CCCC1(C)C.COC(=O)C(C)(CC(CC(C)c1ccc(CP(=O)(OCC[Si](C)(C)C)OCC[Si](C)(C)C)cc1)c1ccccc1)ON1C(C)(C)CCCC1(C)C.C[Si](C)(C)Br. The summed E-state index contributed by atoms with van der Waals surface area (Å²) in [6, 6.07) is 38.4. The van der Waals surface area contributed by atoms with E-state index >= 15 is 0 Å². The maximum Gasteiger partial charge on any atom is 0.340 e. The number of hydrogen-bond donors (Lipinski definition) is 2. The van der Waals surface area contributed by atoms with Crippen molar-refractivity contribution in [2.45, 2.75) is 288 Å². The van der Waals surface area contributed by atoms with E-state index in [4.69, 9.17) is 28.2 Å². The Hall–Kier alpha value is -2.91. The van der Waals surface area contributed by atoms with Crippen molar-refractivity contribution < 1.29 is 56.7 Å². The van der Waals surface area contributed by atoms with Crippen LogP contribution in [0.3, 0.4) is 0 Å². The van der Waals surface area contributed by atoms with Crippen LogP contribution < -0.4 is 0 Å². The van der Waals surface area contributed by atoms with Gasteiger partial charge in [0.1, 0.15) is 6.69 Å². The van der Waals surface area contributed by atoms with Crippen LogP contribution in [0.1, 0.15) is 204 Å². The molecule has 2 N–H and O–H groups in total. The molecule has 2 aliphatic heterocycles. The van der Waals surface area contributed by atoms with Gasteiger partial charge in [0.15, 0.2) is 11.2 Å². The van der Waals surface area contributed by atoms with Crippen molar-refractivity contribution in [1.29, 1.82) is 0 Å². The fraction of sp³-hybridized carbons (Fsp3) is 0.653. The zero-order chi connectivity index (χ0) is 71.9. The number of benzene rings is 4. The van der Waals surface area contributed by atoms with E-state index in [-0.39, 0.29) is 64.1 Å². The molecule has 0 aliphatic carbocycles. The standard InChI is InChI=1S/C41H70NO6PSi2.C31H46NO6P.C3H9BrSi/c1-33(35-22-20-34(21-23-35)32-49(44,46-26-28-50(8,9)10)47-27-29-51(11,12)13)30-37(36-18-15-14-16-19-36)31-41(6,38(43)45-7)48-42-39(2,3)24-17-25-40(42,4)5;1-23(25-16-14-24(15-17-25)22-39(34,35)36)20-27(26-12-9-8-10-13-26)21-31(6,28(33)37-7)38-32-29(2,3)18-11-19-30(32,4)5;1-5(2,3)4/h14-16,18-23,33,37H,17,24-32H2,1-13H3;8-10,12-17,23,27H,11,18-22H2,1-7H3,(H2,34,35,36);1-3H3. The lowest BCUT2D eigenvalue weighted by atomic mass is 9.79. The van der Waals surface area contributed by atoms with Gasteiger partial charge in [0.25, 0.3) is 0 Å². The Balaban J connectivity index is 0.000000388. The average molecular weight is 1470 g/mol. The third-order valence-electron chi connectivity index (χ3n) is 18.4. The molecule has 0 bridgehead atoms. The summed E-state index contributed by atoms with van der Waals surface area (Å²) < 4.78 is 48.4. The molecule has 0 spiro atoms. The van der Waals surface area contributed by atoms with Crippen molar-refractivity contribution in [2.75, 3.05) is 27.4 Å². The number of hydroxylamine groups is 4. The molecule has 14 nitrogen and oxygen atoms in total. The first-order chi connectivity index (χ1) is 43.5. The van der Waals surface area contributed by atoms with Crippen molar-refractivity contribution in [3.8, 4) is 0 Å². The summed E-state index contributed by atoms with van der Waals surface area (Å²) >= 11 is 3.51. The van der Waals surface area contributed by atoms with Crippen LogP contribution in [0.15, 0.2) is 109 Å². The van der Waals surface area contributed by atoms with Gasteiger partial charge in [-0.05, 0) is 203 Å². The average Bonchev–Trinajstić information content (AvgIpc) is 0.772. The van der Waals surface area contributed by atoms with Crippen LogP contribution in [0.2, 0.25) is 71.0 Å². The zero-order valence-electron chi connectivity index (χ0n) is 62.7. The van der Waals surface area contributed by atoms with Gasteiger partial charge in [-0.15, -0.1) is 15.3 Å². The lowest BCUT2D eigenvalue weighted by molar-refractivity contribution is -0.330. The molecule has 2 saturated heterocycles. The maximum atomic E-state index is 14.0. The Morgan fingerprint density at radius 1 is 0.516 bits per heavy atom. The molecule has 2 fully saturated rings. The molecule has 2 aliphatic rings. The second-order valence-corrected chi connectivity index (χ2v) is 59.7. The van der Waals surface area contributed by atoms with E-state index in [0.29, 0.717) is 31.6 Å². The van der Waals surface area contributed by atoms with E-state index in [1.54, 1.807) is 12.1 Å². The molecule has 95 heavy (non-hydrogen) atoms. The van der Waals surface area contributed by atoms with Crippen LogP contribution in [0.4, 0.5) is 0 Å².